The summed E-state index contributed by atoms with van der Waals surface area (Å²) in [5.41, 5.74) is 4.88. The molecule has 6 heteroatoms. The Morgan fingerprint density at radius 3 is 2.81 bits per heavy atom. The number of primary amides is 1. The molecule has 1 atom stereocenters. The van der Waals surface area contributed by atoms with Crippen LogP contribution in [0, 0.1) is 0 Å². The number of hydrogen-bond acceptors (Lipinski definition) is 4. The Balaban J connectivity index is 2.50. The number of amides is 3. The molecule has 0 aliphatic carbocycles. The van der Waals surface area contributed by atoms with Gasteiger partial charge in [0.1, 0.15) is 0 Å². The van der Waals surface area contributed by atoms with Gasteiger partial charge in [-0.05, 0) is 25.4 Å². The summed E-state index contributed by atoms with van der Waals surface area (Å²) >= 11 is 1.63. The monoisotopic (exact) mass is 241 g/mol. The predicted molar refractivity (Wildman–Crippen MR) is 63.0 cm³/mol. The van der Waals surface area contributed by atoms with Gasteiger partial charge in [0.15, 0.2) is 0 Å². The molecule has 0 saturated heterocycles. The fourth-order valence-corrected chi connectivity index (χ4v) is 1.98. The van der Waals surface area contributed by atoms with Crippen molar-refractivity contribution in [2.45, 2.75) is 19.5 Å². The molecule has 1 heterocycles. The van der Waals surface area contributed by atoms with Gasteiger partial charge in [-0.2, -0.15) is 0 Å². The van der Waals surface area contributed by atoms with E-state index < -0.39 is 12.1 Å². The fourth-order valence-electron chi connectivity index (χ4n) is 1.21. The lowest BCUT2D eigenvalue weighted by Gasteiger charge is -2.22. The zero-order chi connectivity index (χ0) is 12.1. The van der Waals surface area contributed by atoms with Gasteiger partial charge in [0, 0.05) is 11.4 Å². The largest absolute Gasteiger partial charge is 0.351 e. The van der Waals surface area contributed by atoms with Crippen LogP contribution in [0.3, 0.4) is 0 Å². The maximum Gasteiger partial charge on any atom is 0.318 e. The van der Waals surface area contributed by atoms with E-state index in [0.717, 1.165) is 0 Å². The van der Waals surface area contributed by atoms with Gasteiger partial charge >= 0.3 is 6.03 Å². The number of nitrogens with one attached hydrogen (secondary N) is 1. The Kier molecular flexibility index (Phi) is 4.45. The maximum absolute atomic E-state index is 11.5. The normalized spacial score (nSPS) is 12.4. The van der Waals surface area contributed by atoms with Gasteiger partial charge in [0.05, 0.1) is 6.04 Å². The van der Waals surface area contributed by atoms with Crippen LogP contribution >= 0.6 is 11.3 Å². The first kappa shape index (κ1) is 12.7. The van der Waals surface area contributed by atoms with Crippen molar-refractivity contribution < 1.29 is 9.59 Å². The molecule has 0 bridgehead atoms. The van der Waals surface area contributed by atoms with Crippen LogP contribution in [0.2, 0.25) is 0 Å². The summed E-state index contributed by atoms with van der Waals surface area (Å²) in [4.78, 5) is 25.0. The van der Waals surface area contributed by atoms with E-state index in [1.807, 2.05) is 29.5 Å². The highest BCUT2D eigenvalue weighted by Crippen LogP contribution is 2.12. The van der Waals surface area contributed by atoms with Crippen molar-refractivity contribution in [3.8, 4) is 0 Å². The minimum Gasteiger partial charge on any atom is -0.351 e. The Labute approximate surface area is 98.2 Å². The number of carbonyl (C=O) groups excluding carboxylic acids is 2. The van der Waals surface area contributed by atoms with Gasteiger partial charge in [0.2, 0.25) is 5.91 Å². The molecule has 0 saturated carbocycles. The van der Waals surface area contributed by atoms with E-state index in [1.165, 1.54) is 4.88 Å². The molecule has 1 aromatic heterocycles. The third kappa shape index (κ3) is 3.63. The summed E-state index contributed by atoms with van der Waals surface area (Å²) in [7, 11) is 1.82. The average molecular weight is 241 g/mol. The van der Waals surface area contributed by atoms with Crippen molar-refractivity contribution in [2.24, 2.45) is 5.73 Å². The van der Waals surface area contributed by atoms with Gasteiger partial charge in [-0.25, -0.2) is 4.79 Å². The first-order chi connectivity index (χ1) is 7.50. The van der Waals surface area contributed by atoms with E-state index in [0.29, 0.717) is 6.54 Å². The number of nitrogens with zero attached hydrogens (tertiary/aromatic N) is 1. The van der Waals surface area contributed by atoms with Crippen molar-refractivity contribution in [3.63, 3.8) is 0 Å². The smallest absolute Gasteiger partial charge is 0.318 e. The number of carbonyl (C=O) groups is 2. The van der Waals surface area contributed by atoms with E-state index in [1.54, 1.807) is 18.3 Å². The maximum atomic E-state index is 11.5. The molecule has 0 aliphatic rings. The summed E-state index contributed by atoms with van der Waals surface area (Å²) in [6.45, 7) is 2.40. The fraction of sp³-hybridized carbons (Fsp3) is 0.400. The number of imide groups is 1. The standard InChI is InChI=1S/C10H15N3O2S/c1-7(9(14)12-10(11)15)13(2)6-8-4-3-5-16-8/h3-5,7H,6H2,1-2H3,(H3,11,12,14,15)/t7-/m1/s1. The van der Waals surface area contributed by atoms with Crippen LogP contribution in [0.1, 0.15) is 11.8 Å². The molecule has 0 aromatic carbocycles. The minimum absolute atomic E-state index is 0.383. The Morgan fingerprint density at radius 2 is 2.31 bits per heavy atom. The molecule has 0 aliphatic heterocycles. The molecule has 5 nitrogen and oxygen atoms in total. The van der Waals surface area contributed by atoms with Crippen molar-refractivity contribution in [3.05, 3.63) is 22.4 Å². The van der Waals surface area contributed by atoms with Gasteiger partial charge in [-0.3, -0.25) is 15.0 Å². The number of hydrogen-bond donors (Lipinski definition) is 2. The molecule has 3 N–H and O–H groups in total. The molecule has 0 unspecified atom stereocenters. The number of rotatable bonds is 4. The number of likely N-dealkylation sites (N-methyl/N-ethyl adjacent to an activating group) is 1. The SMILES string of the molecule is C[C@H](C(=O)NC(N)=O)N(C)Cc1cccs1. The zero-order valence-electron chi connectivity index (χ0n) is 9.27. The van der Waals surface area contributed by atoms with E-state index in [4.69, 9.17) is 5.73 Å². The van der Waals surface area contributed by atoms with Crippen LogP contribution in [0.25, 0.3) is 0 Å². The zero-order valence-corrected chi connectivity index (χ0v) is 10.1. The van der Waals surface area contributed by atoms with E-state index in [2.05, 4.69) is 5.32 Å². The van der Waals surface area contributed by atoms with Crippen molar-refractivity contribution in [2.75, 3.05) is 7.05 Å². The molecule has 1 aromatic rings. The minimum atomic E-state index is -0.818. The van der Waals surface area contributed by atoms with E-state index >= 15 is 0 Å². The lowest BCUT2D eigenvalue weighted by Crippen LogP contribution is -2.46. The van der Waals surface area contributed by atoms with Crippen molar-refractivity contribution >= 4 is 23.3 Å². The average Bonchev–Trinajstić information content (AvgIpc) is 2.68. The molecular formula is C10H15N3O2S. The quantitative estimate of drug-likeness (QED) is 0.817. The second-order valence-corrected chi connectivity index (χ2v) is 4.56. The summed E-state index contributed by atoms with van der Waals surface area (Å²) in [6, 6.07) is 2.75. The van der Waals surface area contributed by atoms with E-state index in [-0.39, 0.29) is 5.91 Å². The Morgan fingerprint density at radius 1 is 1.62 bits per heavy atom. The van der Waals surface area contributed by atoms with Crippen LogP contribution in [0.5, 0.6) is 0 Å². The molecular weight excluding hydrogens is 226 g/mol. The number of thiophene rings is 1. The predicted octanol–water partition coefficient (Wildman–Crippen LogP) is 0.763. The first-order valence-corrected chi connectivity index (χ1v) is 5.71. The Bertz CT molecular complexity index is 364. The van der Waals surface area contributed by atoms with Gasteiger partial charge < -0.3 is 5.73 Å². The highest BCUT2D eigenvalue weighted by Gasteiger charge is 2.19. The van der Waals surface area contributed by atoms with Crippen LogP contribution in [-0.2, 0) is 11.3 Å². The topological polar surface area (TPSA) is 75.4 Å². The van der Waals surface area contributed by atoms with Gasteiger partial charge in [-0.15, -0.1) is 11.3 Å². The summed E-state index contributed by atoms with van der Waals surface area (Å²) < 4.78 is 0. The highest BCUT2D eigenvalue weighted by molar-refractivity contribution is 7.09. The van der Waals surface area contributed by atoms with Crippen molar-refractivity contribution in [1.82, 2.24) is 10.2 Å². The summed E-state index contributed by atoms with van der Waals surface area (Å²) in [5, 5.41) is 4.05. The Hall–Kier alpha value is -1.40. The van der Waals surface area contributed by atoms with Crippen LogP contribution in [-0.4, -0.2) is 29.9 Å². The third-order valence-electron chi connectivity index (χ3n) is 2.27. The lowest BCUT2D eigenvalue weighted by atomic mass is 10.2. The van der Waals surface area contributed by atoms with Crippen LogP contribution in [0.4, 0.5) is 4.79 Å². The number of urea groups is 1. The summed E-state index contributed by atoms with van der Waals surface area (Å²) in [5.74, 6) is -0.383. The van der Waals surface area contributed by atoms with Crippen LogP contribution < -0.4 is 11.1 Å². The third-order valence-corrected chi connectivity index (χ3v) is 3.13. The molecule has 88 valence electrons. The first-order valence-electron chi connectivity index (χ1n) is 4.83. The second-order valence-electron chi connectivity index (χ2n) is 3.52. The van der Waals surface area contributed by atoms with Crippen LogP contribution in [0.15, 0.2) is 17.5 Å². The van der Waals surface area contributed by atoms with E-state index in [9.17, 15) is 9.59 Å². The van der Waals surface area contributed by atoms with Crippen molar-refractivity contribution in [1.29, 1.82) is 0 Å². The highest BCUT2D eigenvalue weighted by atomic mass is 32.1. The molecule has 0 spiro atoms. The lowest BCUT2D eigenvalue weighted by molar-refractivity contribution is -0.124. The molecule has 0 fully saturated rings. The summed E-state index contributed by atoms with van der Waals surface area (Å²) in [6.07, 6.45) is 0. The second kappa shape index (κ2) is 5.62. The molecule has 0 radical (unpaired) electrons. The van der Waals surface area contributed by atoms with Gasteiger partial charge in [-0.1, -0.05) is 6.07 Å². The van der Waals surface area contributed by atoms with Gasteiger partial charge in [0.25, 0.3) is 0 Å². The molecule has 3 amide bonds. The molecule has 1 rings (SSSR count). The molecule has 16 heavy (non-hydrogen) atoms. The number of nitrogens with two attached hydrogens (primary N) is 1.